The Labute approximate surface area is 115 Å². The van der Waals surface area contributed by atoms with Gasteiger partial charge in [-0.1, -0.05) is 6.07 Å². The van der Waals surface area contributed by atoms with Crippen LogP contribution in [0.5, 0.6) is 0 Å². The van der Waals surface area contributed by atoms with Gasteiger partial charge in [-0.15, -0.1) is 0 Å². The summed E-state index contributed by atoms with van der Waals surface area (Å²) >= 11 is 0. The Bertz CT molecular complexity index is 788. The van der Waals surface area contributed by atoms with Crippen molar-refractivity contribution in [2.75, 3.05) is 5.32 Å². The number of amides is 1. The summed E-state index contributed by atoms with van der Waals surface area (Å²) in [6, 6.07) is 4.54. The molecule has 1 heterocycles. The number of aromatic nitrogens is 1. The second-order valence-corrected chi connectivity index (χ2v) is 3.92. The Kier molecular flexibility index (Phi) is 3.74. The lowest BCUT2D eigenvalue weighted by Gasteiger charge is -2.07. The molecule has 0 saturated carbocycles. The van der Waals surface area contributed by atoms with E-state index in [1.165, 1.54) is 12.1 Å². The third kappa shape index (κ3) is 3.08. The van der Waals surface area contributed by atoms with Crippen molar-refractivity contribution in [3.05, 3.63) is 68.1 Å². The van der Waals surface area contributed by atoms with Gasteiger partial charge in [0.25, 0.3) is 11.6 Å². The van der Waals surface area contributed by atoms with Gasteiger partial charge in [-0.3, -0.25) is 19.7 Å². The summed E-state index contributed by atoms with van der Waals surface area (Å²) in [6.45, 7) is 0. The summed E-state index contributed by atoms with van der Waals surface area (Å²) in [5.74, 6) is -3.42. The molecule has 0 unspecified atom stereocenters. The maximum Gasteiger partial charge on any atom is 0.298 e. The molecule has 0 aliphatic carbocycles. The van der Waals surface area contributed by atoms with Gasteiger partial charge in [0.15, 0.2) is 11.5 Å². The number of H-pyrrole nitrogens is 1. The van der Waals surface area contributed by atoms with Crippen LogP contribution >= 0.6 is 0 Å². The Balaban J connectivity index is 2.42. The molecule has 0 fully saturated rings. The number of aromatic amines is 1. The zero-order valence-corrected chi connectivity index (χ0v) is 10.2. The van der Waals surface area contributed by atoms with Gasteiger partial charge < -0.3 is 10.3 Å². The number of nitrogens with one attached hydrogen (secondary N) is 2. The predicted molar refractivity (Wildman–Crippen MR) is 68.0 cm³/mol. The zero-order chi connectivity index (χ0) is 15.6. The Hall–Kier alpha value is -3.10. The molecular formula is C12H7F2N3O4. The molecule has 0 aliphatic heterocycles. The lowest BCUT2D eigenvalue weighted by Crippen LogP contribution is -2.19. The molecule has 108 valence electrons. The largest absolute Gasteiger partial charge is 0.318 e. The van der Waals surface area contributed by atoms with E-state index < -0.39 is 39.4 Å². The number of anilines is 1. The Morgan fingerprint density at radius 1 is 1.29 bits per heavy atom. The van der Waals surface area contributed by atoms with E-state index in [1.54, 1.807) is 0 Å². The molecule has 0 radical (unpaired) electrons. The van der Waals surface area contributed by atoms with Crippen molar-refractivity contribution < 1.29 is 18.5 Å². The molecular weight excluding hydrogens is 288 g/mol. The number of hydrogen-bond donors (Lipinski definition) is 2. The van der Waals surface area contributed by atoms with Crippen molar-refractivity contribution in [1.29, 1.82) is 0 Å². The number of nitro benzene ring substituents is 1. The van der Waals surface area contributed by atoms with Crippen LogP contribution in [0.15, 0.2) is 35.1 Å². The second-order valence-electron chi connectivity index (χ2n) is 3.92. The van der Waals surface area contributed by atoms with Crippen molar-refractivity contribution in [2.45, 2.75) is 0 Å². The molecule has 9 heteroatoms. The Morgan fingerprint density at radius 2 is 2.00 bits per heavy atom. The molecule has 21 heavy (non-hydrogen) atoms. The number of halogens is 2. The zero-order valence-electron chi connectivity index (χ0n) is 10.2. The summed E-state index contributed by atoms with van der Waals surface area (Å²) < 4.78 is 26.6. The summed E-state index contributed by atoms with van der Waals surface area (Å²) in [5.41, 5.74) is -2.51. The third-order valence-electron chi connectivity index (χ3n) is 2.48. The molecule has 0 bridgehead atoms. The Morgan fingerprint density at radius 3 is 2.62 bits per heavy atom. The number of carbonyl (C=O) groups is 1. The average Bonchev–Trinajstić information content (AvgIpc) is 2.41. The molecule has 0 aliphatic rings. The normalized spacial score (nSPS) is 10.2. The number of nitrogens with zero attached hydrogens (tertiary/aromatic N) is 1. The first-order valence-electron chi connectivity index (χ1n) is 5.52. The molecule has 0 spiro atoms. The van der Waals surface area contributed by atoms with Gasteiger partial charge in [0.1, 0.15) is 11.5 Å². The van der Waals surface area contributed by atoms with Gasteiger partial charge in [0, 0.05) is 12.1 Å². The van der Waals surface area contributed by atoms with Gasteiger partial charge in [-0.25, -0.2) is 8.78 Å². The van der Waals surface area contributed by atoms with Gasteiger partial charge >= 0.3 is 0 Å². The first kappa shape index (κ1) is 14.3. The van der Waals surface area contributed by atoms with Gasteiger partial charge in [-0.2, -0.15) is 0 Å². The summed E-state index contributed by atoms with van der Waals surface area (Å²) in [5, 5.41) is 12.7. The minimum atomic E-state index is -1.30. The fourth-order valence-electron chi connectivity index (χ4n) is 1.59. The van der Waals surface area contributed by atoms with Crippen LogP contribution in [0.3, 0.4) is 0 Å². The molecule has 2 N–H and O–H groups in total. The molecule has 2 aromatic rings. The highest BCUT2D eigenvalue weighted by molar-refractivity contribution is 6.04. The fraction of sp³-hybridized carbons (Fsp3) is 0. The lowest BCUT2D eigenvalue weighted by molar-refractivity contribution is -0.384. The van der Waals surface area contributed by atoms with Crippen LogP contribution in [-0.4, -0.2) is 15.8 Å². The lowest BCUT2D eigenvalue weighted by atomic mass is 10.2. The van der Waals surface area contributed by atoms with E-state index in [-0.39, 0.29) is 5.69 Å². The van der Waals surface area contributed by atoms with Crippen LogP contribution in [0.1, 0.15) is 10.5 Å². The number of benzene rings is 1. The average molecular weight is 295 g/mol. The highest BCUT2D eigenvalue weighted by Gasteiger charge is 2.23. The van der Waals surface area contributed by atoms with Crippen LogP contribution in [0.25, 0.3) is 0 Å². The highest BCUT2D eigenvalue weighted by Crippen LogP contribution is 2.28. The van der Waals surface area contributed by atoms with E-state index in [2.05, 4.69) is 4.98 Å². The van der Waals surface area contributed by atoms with E-state index >= 15 is 0 Å². The molecule has 1 aromatic carbocycles. The number of rotatable bonds is 3. The van der Waals surface area contributed by atoms with Crippen molar-refractivity contribution in [1.82, 2.24) is 4.98 Å². The molecule has 1 amide bonds. The summed E-state index contributed by atoms with van der Waals surface area (Å²) in [6.07, 6.45) is 0. The van der Waals surface area contributed by atoms with E-state index in [0.717, 1.165) is 6.07 Å². The number of hydrogen-bond acceptors (Lipinski definition) is 4. The summed E-state index contributed by atoms with van der Waals surface area (Å²) in [7, 11) is 0. The van der Waals surface area contributed by atoms with Crippen molar-refractivity contribution in [3.63, 3.8) is 0 Å². The fourth-order valence-corrected chi connectivity index (χ4v) is 1.59. The predicted octanol–water partition coefficient (Wildman–Crippen LogP) is 1.81. The maximum absolute atomic E-state index is 13.6. The summed E-state index contributed by atoms with van der Waals surface area (Å²) in [4.78, 5) is 34.8. The minimum Gasteiger partial charge on any atom is -0.318 e. The van der Waals surface area contributed by atoms with E-state index in [9.17, 15) is 28.5 Å². The van der Waals surface area contributed by atoms with Crippen LogP contribution in [0.2, 0.25) is 0 Å². The van der Waals surface area contributed by atoms with Crippen molar-refractivity contribution >= 4 is 17.3 Å². The standard InChI is InChI=1S/C12H7F2N3O4/c13-6-4-7(14)11(9(5-6)17(20)21)16-12(19)8-2-1-3-10(18)15-8/h1-5H,(H,15,18)(H,16,19). The molecule has 0 atom stereocenters. The van der Waals surface area contributed by atoms with Crippen LogP contribution in [0, 0.1) is 21.7 Å². The highest BCUT2D eigenvalue weighted by atomic mass is 19.1. The van der Waals surface area contributed by atoms with Crippen LogP contribution in [-0.2, 0) is 0 Å². The van der Waals surface area contributed by atoms with Gasteiger partial charge in [-0.05, 0) is 6.07 Å². The number of pyridine rings is 1. The molecule has 0 saturated heterocycles. The number of nitro groups is 1. The van der Waals surface area contributed by atoms with E-state index in [4.69, 9.17) is 0 Å². The molecule has 1 aromatic heterocycles. The van der Waals surface area contributed by atoms with Gasteiger partial charge in [0.05, 0.1) is 11.0 Å². The quantitative estimate of drug-likeness (QED) is 0.665. The van der Waals surface area contributed by atoms with E-state index in [1.807, 2.05) is 5.32 Å². The van der Waals surface area contributed by atoms with E-state index in [0.29, 0.717) is 12.1 Å². The SMILES string of the molecule is O=C(Nc1c(F)cc(F)cc1[N+](=O)[O-])c1cccc(=O)[nH]1. The van der Waals surface area contributed by atoms with Crippen molar-refractivity contribution in [2.24, 2.45) is 0 Å². The van der Waals surface area contributed by atoms with Gasteiger partial charge in [0.2, 0.25) is 5.56 Å². The molecule has 2 rings (SSSR count). The third-order valence-corrected chi connectivity index (χ3v) is 2.48. The molecule has 7 nitrogen and oxygen atoms in total. The first-order valence-corrected chi connectivity index (χ1v) is 5.52. The topological polar surface area (TPSA) is 105 Å². The van der Waals surface area contributed by atoms with Crippen molar-refractivity contribution in [3.8, 4) is 0 Å². The maximum atomic E-state index is 13.6. The monoisotopic (exact) mass is 295 g/mol. The second kappa shape index (κ2) is 5.49. The number of carbonyl (C=O) groups excluding carboxylic acids is 1. The minimum absolute atomic E-state index is 0.222. The first-order chi connectivity index (χ1) is 9.88. The van der Waals surface area contributed by atoms with Crippen LogP contribution in [0.4, 0.5) is 20.2 Å². The van der Waals surface area contributed by atoms with Crippen LogP contribution < -0.4 is 10.9 Å². The smallest absolute Gasteiger partial charge is 0.298 e.